The van der Waals surface area contributed by atoms with E-state index in [0.29, 0.717) is 19.0 Å². The Morgan fingerprint density at radius 2 is 2.12 bits per heavy atom. The van der Waals surface area contributed by atoms with E-state index in [4.69, 9.17) is 0 Å². The highest BCUT2D eigenvalue weighted by atomic mass is 32.1. The van der Waals surface area contributed by atoms with Crippen LogP contribution in [0.5, 0.6) is 0 Å². The fraction of sp³-hybridized carbons (Fsp3) is 0.588. The first-order chi connectivity index (χ1) is 12.0. The number of likely N-dealkylation sites (tertiary alicyclic amines) is 1. The van der Waals surface area contributed by atoms with Crippen molar-refractivity contribution < 1.29 is 9.90 Å². The molecule has 7 nitrogen and oxygen atoms in total. The number of anilines is 1. The van der Waals surface area contributed by atoms with Gasteiger partial charge in [0.15, 0.2) is 0 Å². The van der Waals surface area contributed by atoms with Crippen LogP contribution in [0, 0.1) is 12.8 Å². The summed E-state index contributed by atoms with van der Waals surface area (Å²) in [6.45, 7) is 7.18. The van der Waals surface area contributed by atoms with Gasteiger partial charge in [-0.1, -0.05) is 6.07 Å². The van der Waals surface area contributed by atoms with Gasteiger partial charge < -0.3 is 10.0 Å². The van der Waals surface area contributed by atoms with Gasteiger partial charge in [0, 0.05) is 24.0 Å². The van der Waals surface area contributed by atoms with Crippen LogP contribution in [0.25, 0.3) is 0 Å². The minimum Gasteiger partial charge on any atom is -0.387 e. The number of rotatable bonds is 4. The zero-order chi connectivity index (χ0) is 18.0. The van der Waals surface area contributed by atoms with Gasteiger partial charge in [0.1, 0.15) is 5.82 Å². The van der Waals surface area contributed by atoms with E-state index in [1.165, 1.54) is 0 Å². The monoisotopic (exact) mass is 363 g/mol. The van der Waals surface area contributed by atoms with Crippen LogP contribution in [0.1, 0.15) is 49.5 Å². The van der Waals surface area contributed by atoms with Gasteiger partial charge in [0.25, 0.3) is 0 Å². The average Bonchev–Trinajstić information content (AvgIpc) is 3.24. The second-order valence-corrected chi connectivity index (χ2v) is 7.72. The molecule has 2 amide bonds. The van der Waals surface area contributed by atoms with Gasteiger partial charge in [-0.3, -0.25) is 5.32 Å². The highest BCUT2D eigenvalue weighted by molar-refractivity contribution is 7.10. The van der Waals surface area contributed by atoms with E-state index in [-0.39, 0.29) is 18.0 Å². The molecule has 0 aliphatic carbocycles. The quantitative estimate of drug-likeness (QED) is 0.874. The molecule has 1 saturated heterocycles. The third kappa shape index (κ3) is 4.01. The second-order valence-electron chi connectivity index (χ2n) is 6.74. The topological polar surface area (TPSA) is 83.3 Å². The largest absolute Gasteiger partial charge is 0.387 e. The molecule has 8 heteroatoms. The van der Waals surface area contributed by atoms with Crippen molar-refractivity contribution in [3.63, 3.8) is 0 Å². The molecule has 1 aliphatic rings. The summed E-state index contributed by atoms with van der Waals surface area (Å²) in [5, 5.41) is 19.5. The zero-order valence-corrected chi connectivity index (χ0v) is 15.7. The minimum atomic E-state index is -0.434. The maximum atomic E-state index is 12.4. The van der Waals surface area contributed by atoms with Gasteiger partial charge >= 0.3 is 6.03 Å². The number of nitrogens with one attached hydrogen (secondary N) is 1. The van der Waals surface area contributed by atoms with Crippen molar-refractivity contribution in [2.45, 2.75) is 45.8 Å². The van der Waals surface area contributed by atoms with Gasteiger partial charge in [-0.25, -0.2) is 9.48 Å². The number of aromatic nitrogens is 3. The van der Waals surface area contributed by atoms with Crippen LogP contribution in [-0.2, 0) is 0 Å². The molecule has 0 saturated carbocycles. The lowest BCUT2D eigenvalue weighted by Gasteiger charge is -2.33. The molecule has 136 valence electrons. The molecule has 2 aromatic heterocycles. The van der Waals surface area contributed by atoms with Crippen molar-refractivity contribution in [2.24, 2.45) is 5.92 Å². The van der Waals surface area contributed by atoms with E-state index in [1.54, 1.807) is 20.9 Å². The molecule has 25 heavy (non-hydrogen) atoms. The number of hydrogen-bond donors (Lipinski definition) is 2. The lowest BCUT2D eigenvalue weighted by Crippen LogP contribution is -2.42. The predicted octanol–water partition coefficient (Wildman–Crippen LogP) is 3.21. The third-order valence-corrected chi connectivity index (χ3v) is 5.56. The first kappa shape index (κ1) is 17.9. The number of amides is 2. The van der Waals surface area contributed by atoms with Gasteiger partial charge in [-0.15, -0.1) is 16.4 Å². The van der Waals surface area contributed by atoms with Crippen LogP contribution in [0.15, 0.2) is 17.5 Å². The smallest absolute Gasteiger partial charge is 0.324 e. The van der Waals surface area contributed by atoms with Crippen LogP contribution in [0.4, 0.5) is 10.7 Å². The number of carbonyl (C=O) groups excluding carboxylic acids is 1. The molecule has 0 unspecified atom stereocenters. The lowest BCUT2D eigenvalue weighted by molar-refractivity contribution is 0.0708. The Bertz CT molecular complexity index is 705. The van der Waals surface area contributed by atoms with E-state index in [9.17, 15) is 9.90 Å². The van der Waals surface area contributed by atoms with Crippen LogP contribution in [0.2, 0.25) is 0 Å². The van der Waals surface area contributed by atoms with E-state index in [2.05, 4.69) is 15.4 Å². The Labute approximate surface area is 151 Å². The number of hydrogen-bond acceptors (Lipinski definition) is 5. The maximum absolute atomic E-state index is 12.4. The van der Waals surface area contributed by atoms with E-state index in [1.807, 2.05) is 38.3 Å². The average molecular weight is 363 g/mol. The van der Waals surface area contributed by atoms with Gasteiger partial charge in [-0.05, 0) is 51.0 Å². The maximum Gasteiger partial charge on any atom is 0.324 e. The first-order valence-corrected chi connectivity index (χ1v) is 9.54. The summed E-state index contributed by atoms with van der Waals surface area (Å²) in [4.78, 5) is 19.5. The third-order valence-electron chi connectivity index (χ3n) is 4.62. The van der Waals surface area contributed by atoms with Crippen molar-refractivity contribution in [3.8, 4) is 0 Å². The van der Waals surface area contributed by atoms with Crippen molar-refractivity contribution in [1.82, 2.24) is 19.7 Å². The van der Waals surface area contributed by atoms with Crippen LogP contribution in [0.3, 0.4) is 0 Å². The van der Waals surface area contributed by atoms with Crippen LogP contribution < -0.4 is 5.32 Å². The van der Waals surface area contributed by atoms with Crippen molar-refractivity contribution in [2.75, 3.05) is 18.4 Å². The van der Waals surface area contributed by atoms with Crippen molar-refractivity contribution in [1.29, 1.82) is 0 Å². The van der Waals surface area contributed by atoms with E-state index < -0.39 is 6.10 Å². The van der Waals surface area contributed by atoms with Gasteiger partial charge in [-0.2, -0.15) is 4.98 Å². The van der Waals surface area contributed by atoms with Crippen molar-refractivity contribution in [3.05, 3.63) is 28.2 Å². The molecule has 1 atom stereocenters. The molecule has 0 spiro atoms. The molecule has 1 fully saturated rings. The summed E-state index contributed by atoms with van der Waals surface area (Å²) in [6.07, 6.45) is 1.15. The number of aliphatic hydroxyl groups excluding tert-OH is 1. The Kier molecular flexibility index (Phi) is 5.39. The van der Waals surface area contributed by atoms with Gasteiger partial charge in [0.2, 0.25) is 5.95 Å². The Hall–Kier alpha value is -1.93. The van der Waals surface area contributed by atoms with E-state index in [0.717, 1.165) is 23.5 Å². The SMILES string of the molecule is Cc1nc(NC(=O)N2CCC([C@H](O)c3cccs3)CC2)nn1C(C)C. The number of aliphatic hydroxyl groups is 1. The Morgan fingerprint density at radius 3 is 2.68 bits per heavy atom. The molecule has 2 aromatic rings. The van der Waals surface area contributed by atoms with Crippen LogP contribution in [-0.4, -0.2) is 43.9 Å². The highest BCUT2D eigenvalue weighted by Gasteiger charge is 2.29. The summed E-state index contributed by atoms with van der Waals surface area (Å²) in [6, 6.07) is 3.95. The summed E-state index contributed by atoms with van der Waals surface area (Å²) < 4.78 is 1.79. The van der Waals surface area contributed by atoms with E-state index >= 15 is 0 Å². The molecule has 0 aromatic carbocycles. The fourth-order valence-corrected chi connectivity index (χ4v) is 4.03. The fourth-order valence-electron chi connectivity index (χ4n) is 3.23. The standard InChI is InChI=1S/C17H25N5O2S/c1-11(2)22-12(3)18-16(20-22)19-17(24)21-8-6-13(7-9-21)15(23)14-5-4-10-25-14/h4-5,10-11,13,15,23H,6-9H2,1-3H3,(H,19,20,24)/t15-/m0/s1. The minimum absolute atomic E-state index is 0.176. The summed E-state index contributed by atoms with van der Waals surface area (Å²) in [5.74, 6) is 1.32. The molecule has 3 rings (SSSR count). The molecule has 2 N–H and O–H groups in total. The number of thiophene rings is 1. The van der Waals surface area contributed by atoms with Crippen LogP contribution >= 0.6 is 11.3 Å². The summed E-state index contributed by atoms with van der Waals surface area (Å²) >= 11 is 1.58. The first-order valence-electron chi connectivity index (χ1n) is 8.66. The number of urea groups is 1. The van der Waals surface area contributed by atoms with Gasteiger partial charge in [0.05, 0.1) is 6.10 Å². The molecule has 3 heterocycles. The number of piperidine rings is 1. The molecule has 0 radical (unpaired) electrons. The summed E-state index contributed by atoms with van der Waals surface area (Å²) in [7, 11) is 0. The zero-order valence-electron chi connectivity index (χ0n) is 14.8. The molecular weight excluding hydrogens is 338 g/mol. The lowest BCUT2D eigenvalue weighted by atomic mass is 9.90. The number of aryl methyl sites for hydroxylation is 1. The second kappa shape index (κ2) is 7.53. The Morgan fingerprint density at radius 1 is 1.40 bits per heavy atom. The molecule has 1 aliphatic heterocycles. The number of nitrogens with zero attached hydrogens (tertiary/aromatic N) is 4. The highest BCUT2D eigenvalue weighted by Crippen LogP contribution is 2.33. The predicted molar refractivity (Wildman–Crippen MR) is 97.7 cm³/mol. The number of carbonyl (C=O) groups is 1. The summed E-state index contributed by atoms with van der Waals surface area (Å²) in [5.41, 5.74) is 0. The Balaban J connectivity index is 1.54. The molecular formula is C17H25N5O2S. The van der Waals surface area contributed by atoms with Crippen molar-refractivity contribution >= 4 is 23.3 Å². The normalized spacial score (nSPS) is 17.1. The molecule has 0 bridgehead atoms.